The van der Waals surface area contributed by atoms with Crippen molar-refractivity contribution < 1.29 is 23.7 Å². The molecule has 0 spiro atoms. The summed E-state index contributed by atoms with van der Waals surface area (Å²) in [6, 6.07) is 9.12. The van der Waals surface area contributed by atoms with Crippen molar-refractivity contribution in [3.63, 3.8) is 0 Å². The van der Waals surface area contributed by atoms with Crippen LogP contribution in [0.5, 0.6) is 17.2 Å². The highest BCUT2D eigenvalue weighted by molar-refractivity contribution is 6.07. The molecule has 1 atom stereocenters. The number of aryl methyl sites for hydroxylation is 2. The predicted octanol–water partition coefficient (Wildman–Crippen LogP) is 3.69. The van der Waals surface area contributed by atoms with Crippen molar-refractivity contribution in [2.75, 3.05) is 27.9 Å². The third-order valence-corrected chi connectivity index (χ3v) is 5.57. The Hall–Kier alpha value is -3.52. The number of fused-ring (bicyclic) bond motifs is 1. The standard InChI is InChI=1S/C26H32N2O6/c1-7-28-14-21(19-11-23(32-5)24(33-6)12-20(19)26(28)30)25(29)27-13-18-9-8-16(2)10-22(18)34-17(3)15-31-4/h8-12,14,17H,7,13,15H2,1-6H3,(H,27,29). The molecule has 34 heavy (non-hydrogen) atoms. The summed E-state index contributed by atoms with van der Waals surface area (Å²) < 4.78 is 23.5. The summed E-state index contributed by atoms with van der Waals surface area (Å²) in [4.78, 5) is 26.2. The minimum Gasteiger partial charge on any atom is -0.493 e. The molecule has 0 bridgehead atoms. The zero-order valence-electron chi connectivity index (χ0n) is 20.6. The molecule has 3 rings (SSSR count). The van der Waals surface area contributed by atoms with E-state index in [4.69, 9.17) is 18.9 Å². The molecule has 0 fully saturated rings. The fourth-order valence-corrected chi connectivity index (χ4v) is 3.81. The van der Waals surface area contributed by atoms with Gasteiger partial charge in [-0.2, -0.15) is 0 Å². The summed E-state index contributed by atoms with van der Waals surface area (Å²) >= 11 is 0. The zero-order chi connectivity index (χ0) is 24.8. The molecule has 0 aliphatic carbocycles. The van der Waals surface area contributed by atoms with Crippen molar-refractivity contribution in [2.24, 2.45) is 0 Å². The lowest BCUT2D eigenvalue weighted by Gasteiger charge is -2.18. The van der Waals surface area contributed by atoms with E-state index in [2.05, 4.69) is 5.32 Å². The first-order valence-corrected chi connectivity index (χ1v) is 11.1. The lowest BCUT2D eigenvalue weighted by molar-refractivity contribution is 0.0906. The summed E-state index contributed by atoms with van der Waals surface area (Å²) in [5, 5.41) is 3.86. The SMILES string of the molecule is CCn1cc(C(=O)NCc2ccc(C)cc2OC(C)COC)c2cc(OC)c(OC)cc2c1=O. The maximum absolute atomic E-state index is 13.3. The van der Waals surface area contributed by atoms with Gasteiger partial charge in [-0.05, 0) is 44.5 Å². The molecule has 1 aromatic heterocycles. The highest BCUT2D eigenvalue weighted by Crippen LogP contribution is 2.32. The maximum Gasteiger partial charge on any atom is 0.258 e. The van der Waals surface area contributed by atoms with Crippen LogP contribution in [-0.2, 0) is 17.8 Å². The zero-order valence-corrected chi connectivity index (χ0v) is 20.6. The fourth-order valence-electron chi connectivity index (χ4n) is 3.81. The average Bonchev–Trinajstić information content (AvgIpc) is 2.83. The van der Waals surface area contributed by atoms with E-state index in [1.165, 1.54) is 18.8 Å². The number of ether oxygens (including phenoxy) is 4. The minimum atomic E-state index is -0.309. The van der Waals surface area contributed by atoms with Gasteiger partial charge in [-0.1, -0.05) is 12.1 Å². The molecule has 0 aliphatic rings. The Morgan fingerprint density at radius 3 is 2.32 bits per heavy atom. The van der Waals surface area contributed by atoms with Gasteiger partial charge in [0.05, 0.1) is 31.8 Å². The average molecular weight is 469 g/mol. The molecule has 0 saturated heterocycles. The second-order valence-corrected chi connectivity index (χ2v) is 8.06. The highest BCUT2D eigenvalue weighted by Gasteiger charge is 2.19. The molecule has 182 valence electrons. The van der Waals surface area contributed by atoms with Crippen LogP contribution in [-0.4, -0.2) is 44.5 Å². The van der Waals surface area contributed by atoms with Crippen LogP contribution in [0.3, 0.4) is 0 Å². The minimum absolute atomic E-state index is 0.138. The van der Waals surface area contributed by atoms with Crippen molar-refractivity contribution in [3.05, 3.63) is 63.6 Å². The van der Waals surface area contributed by atoms with Crippen LogP contribution in [0.25, 0.3) is 10.8 Å². The first-order valence-electron chi connectivity index (χ1n) is 11.1. The number of carbonyl (C=O) groups excluding carboxylic acids is 1. The van der Waals surface area contributed by atoms with Gasteiger partial charge in [-0.3, -0.25) is 9.59 Å². The van der Waals surface area contributed by atoms with Gasteiger partial charge in [0.2, 0.25) is 0 Å². The Morgan fingerprint density at radius 2 is 1.71 bits per heavy atom. The smallest absolute Gasteiger partial charge is 0.258 e. The molecule has 2 aromatic carbocycles. The Bertz CT molecular complexity index is 1230. The number of aromatic nitrogens is 1. The topological polar surface area (TPSA) is 88.0 Å². The summed E-state index contributed by atoms with van der Waals surface area (Å²) in [6.45, 7) is 6.90. The second kappa shape index (κ2) is 11.1. The summed E-state index contributed by atoms with van der Waals surface area (Å²) in [5.74, 6) is 1.26. The third-order valence-electron chi connectivity index (χ3n) is 5.57. The van der Waals surface area contributed by atoms with E-state index in [1.807, 2.05) is 39.0 Å². The van der Waals surface area contributed by atoms with Gasteiger partial charge in [0.1, 0.15) is 11.9 Å². The molecule has 1 unspecified atom stereocenters. The van der Waals surface area contributed by atoms with Crippen molar-refractivity contribution in [1.82, 2.24) is 9.88 Å². The third kappa shape index (κ3) is 5.34. The first-order chi connectivity index (χ1) is 16.3. The van der Waals surface area contributed by atoms with E-state index in [9.17, 15) is 9.59 Å². The number of benzene rings is 2. The van der Waals surface area contributed by atoms with E-state index in [-0.39, 0.29) is 24.1 Å². The molecule has 8 heteroatoms. The van der Waals surface area contributed by atoms with Crippen LogP contribution in [0.15, 0.2) is 41.3 Å². The van der Waals surface area contributed by atoms with Crippen molar-refractivity contribution in [1.29, 1.82) is 0 Å². The van der Waals surface area contributed by atoms with E-state index >= 15 is 0 Å². The van der Waals surface area contributed by atoms with Crippen LogP contribution in [0.4, 0.5) is 0 Å². The molecule has 0 saturated carbocycles. The van der Waals surface area contributed by atoms with Gasteiger partial charge >= 0.3 is 0 Å². The molecule has 1 amide bonds. The Balaban J connectivity index is 1.97. The molecular weight excluding hydrogens is 436 g/mol. The van der Waals surface area contributed by atoms with Crippen LogP contribution >= 0.6 is 0 Å². The fraction of sp³-hybridized carbons (Fsp3) is 0.385. The quantitative estimate of drug-likeness (QED) is 0.488. The lowest BCUT2D eigenvalue weighted by Crippen LogP contribution is -2.28. The van der Waals surface area contributed by atoms with Crippen LogP contribution in [0, 0.1) is 6.92 Å². The number of methoxy groups -OCH3 is 3. The van der Waals surface area contributed by atoms with Crippen molar-refractivity contribution >= 4 is 16.7 Å². The van der Waals surface area contributed by atoms with E-state index in [0.29, 0.717) is 46.7 Å². The number of nitrogens with one attached hydrogen (secondary N) is 1. The van der Waals surface area contributed by atoms with Gasteiger partial charge in [-0.15, -0.1) is 0 Å². The largest absolute Gasteiger partial charge is 0.493 e. The monoisotopic (exact) mass is 468 g/mol. The molecule has 1 heterocycles. The number of pyridine rings is 1. The Labute approximate surface area is 199 Å². The molecule has 3 aromatic rings. The summed E-state index contributed by atoms with van der Waals surface area (Å²) in [5.41, 5.74) is 2.07. The molecule has 1 N–H and O–H groups in total. The lowest BCUT2D eigenvalue weighted by atomic mass is 10.0. The molecule has 0 aliphatic heterocycles. The Morgan fingerprint density at radius 1 is 1.03 bits per heavy atom. The van der Waals surface area contributed by atoms with E-state index in [1.54, 1.807) is 25.4 Å². The highest BCUT2D eigenvalue weighted by atomic mass is 16.5. The molecule has 0 radical (unpaired) electrons. The number of amides is 1. The maximum atomic E-state index is 13.3. The number of carbonyl (C=O) groups is 1. The summed E-state index contributed by atoms with van der Waals surface area (Å²) in [7, 11) is 4.65. The van der Waals surface area contributed by atoms with Crippen molar-refractivity contribution in [2.45, 2.75) is 40.0 Å². The number of nitrogens with zero attached hydrogens (tertiary/aromatic N) is 1. The van der Waals surface area contributed by atoms with E-state index in [0.717, 1.165) is 11.1 Å². The van der Waals surface area contributed by atoms with Gasteiger partial charge in [0.25, 0.3) is 11.5 Å². The molecular formula is C26H32N2O6. The number of hydrogen-bond acceptors (Lipinski definition) is 6. The molecule has 8 nitrogen and oxygen atoms in total. The number of rotatable bonds is 10. The Kier molecular flexibility index (Phi) is 8.17. The van der Waals surface area contributed by atoms with Gasteiger partial charge < -0.3 is 28.8 Å². The van der Waals surface area contributed by atoms with E-state index < -0.39 is 0 Å². The van der Waals surface area contributed by atoms with Gasteiger partial charge in [0, 0.05) is 37.3 Å². The van der Waals surface area contributed by atoms with Crippen LogP contribution in [0.2, 0.25) is 0 Å². The van der Waals surface area contributed by atoms with Crippen LogP contribution < -0.4 is 25.1 Å². The summed E-state index contributed by atoms with van der Waals surface area (Å²) in [6.07, 6.45) is 1.44. The first kappa shape index (κ1) is 25.1. The van der Waals surface area contributed by atoms with Gasteiger partial charge in [0.15, 0.2) is 11.5 Å². The normalized spacial score (nSPS) is 11.8. The van der Waals surface area contributed by atoms with Gasteiger partial charge in [-0.25, -0.2) is 0 Å². The predicted molar refractivity (Wildman–Crippen MR) is 131 cm³/mol. The van der Waals surface area contributed by atoms with Crippen LogP contribution in [0.1, 0.15) is 35.3 Å². The number of hydrogen-bond donors (Lipinski definition) is 1. The van der Waals surface area contributed by atoms with Crippen molar-refractivity contribution in [3.8, 4) is 17.2 Å². The second-order valence-electron chi connectivity index (χ2n) is 8.06.